The van der Waals surface area contributed by atoms with Crippen LogP contribution in [0.2, 0.25) is 0 Å². The van der Waals surface area contributed by atoms with Gasteiger partial charge >= 0.3 is 0 Å². The second-order valence-electron chi connectivity index (χ2n) is 5.94. The Kier molecular flexibility index (Phi) is 4.06. The molecule has 0 aromatic heterocycles. The predicted octanol–water partition coefficient (Wildman–Crippen LogP) is 3.74. The standard InChI is InChI=1S/C16H24FN/c1-4-16(14-7-5-6-8-15(14)17)9-13(16)11-18-10-12(2)3/h5-8,12-13,18H,4,9-11H2,1-3H3. The van der Waals surface area contributed by atoms with Gasteiger partial charge in [-0.1, -0.05) is 39.0 Å². The van der Waals surface area contributed by atoms with Gasteiger partial charge in [0.1, 0.15) is 5.82 Å². The average Bonchev–Trinajstić information content (AvgIpc) is 3.04. The molecule has 2 rings (SSSR count). The zero-order valence-electron chi connectivity index (χ0n) is 11.7. The minimum atomic E-state index is -0.0364. The van der Waals surface area contributed by atoms with E-state index in [-0.39, 0.29) is 11.2 Å². The predicted molar refractivity (Wildman–Crippen MR) is 74.2 cm³/mol. The maximum atomic E-state index is 13.9. The number of halogens is 1. The molecule has 1 aliphatic carbocycles. The van der Waals surface area contributed by atoms with E-state index in [4.69, 9.17) is 0 Å². The Labute approximate surface area is 110 Å². The highest BCUT2D eigenvalue weighted by molar-refractivity contribution is 5.35. The fraction of sp³-hybridized carbons (Fsp3) is 0.625. The van der Waals surface area contributed by atoms with Gasteiger partial charge in [0.05, 0.1) is 0 Å². The SMILES string of the molecule is CCC1(c2ccccc2F)CC1CNCC(C)C. The molecule has 1 aromatic carbocycles. The molecule has 0 amide bonds. The summed E-state index contributed by atoms with van der Waals surface area (Å²) in [5, 5.41) is 3.50. The summed E-state index contributed by atoms with van der Waals surface area (Å²) in [6.45, 7) is 8.66. The molecule has 1 saturated carbocycles. The van der Waals surface area contributed by atoms with E-state index < -0.39 is 0 Å². The Morgan fingerprint density at radius 2 is 2.11 bits per heavy atom. The van der Waals surface area contributed by atoms with Crippen molar-refractivity contribution in [2.75, 3.05) is 13.1 Å². The lowest BCUT2D eigenvalue weighted by atomic mass is 9.90. The van der Waals surface area contributed by atoms with Crippen LogP contribution in [0.4, 0.5) is 4.39 Å². The van der Waals surface area contributed by atoms with Gasteiger partial charge in [0.25, 0.3) is 0 Å². The summed E-state index contributed by atoms with van der Waals surface area (Å²) >= 11 is 0. The van der Waals surface area contributed by atoms with E-state index in [0.29, 0.717) is 11.8 Å². The Bertz CT molecular complexity index is 402. The molecule has 1 aliphatic rings. The number of hydrogen-bond acceptors (Lipinski definition) is 1. The van der Waals surface area contributed by atoms with Crippen molar-refractivity contribution >= 4 is 0 Å². The molecule has 0 heterocycles. The summed E-state index contributed by atoms with van der Waals surface area (Å²) in [4.78, 5) is 0. The number of benzene rings is 1. The van der Waals surface area contributed by atoms with E-state index in [0.717, 1.165) is 31.5 Å². The molecule has 18 heavy (non-hydrogen) atoms. The third kappa shape index (κ3) is 2.59. The largest absolute Gasteiger partial charge is 0.316 e. The second-order valence-corrected chi connectivity index (χ2v) is 5.94. The van der Waals surface area contributed by atoms with Crippen LogP contribution in [0, 0.1) is 17.7 Å². The van der Waals surface area contributed by atoms with Gasteiger partial charge in [-0.2, -0.15) is 0 Å². The summed E-state index contributed by atoms with van der Waals surface area (Å²) in [5.74, 6) is 1.23. The van der Waals surface area contributed by atoms with Crippen molar-refractivity contribution in [3.63, 3.8) is 0 Å². The fourth-order valence-electron chi connectivity index (χ4n) is 3.01. The molecule has 0 bridgehead atoms. The molecule has 0 spiro atoms. The van der Waals surface area contributed by atoms with Gasteiger partial charge in [-0.05, 0) is 49.4 Å². The van der Waals surface area contributed by atoms with Crippen molar-refractivity contribution in [3.05, 3.63) is 35.6 Å². The van der Waals surface area contributed by atoms with Crippen molar-refractivity contribution in [3.8, 4) is 0 Å². The van der Waals surface area contributed by atoms with Crippen LogP contribution in [0.5, 0.6) is 0 Å². The molecule has 1 fully saturated rings. The lowest BCUT2D eigenvalue weighted by molar-refractivity contribution is 0.484. The lowest BCUT2D eigenvalue weighted by Crippen LogP contribution is -2.25. The van der Waals surface area contributed by atoms with Gasteiger partial charge in [0.2, 0.25) is 0 Å². The van der Waals surface area contributed by atoms with E-state index in [1.54, 1.807) is 12.1 Å². The van der Waals surface area contributed by atoms with Crippen LogP contribution in [0.25, 0.3) is 0 Å². The number of rotatable bonds is 6. The van der Waals surface area contributed by atoms with E-state index in [2.05, 4.69) is 26.1 Å². The molecule has 1 N–H and O–H groups in total. The summed E-state index contributed by atoms with van der Waals surface area (Å²) in [5.41, 5.74) is 1.01. The first-order valence-corrected chi connectivity index (χ1v) is 7.06. The molecule has 0 aliphatic heterocycles. The third-order valence-corrected chi connectivity index (χ3v) is 4.22. The quantitative estimate of drug-likeness (QED) is 0.810. The first-order valence-electron chi connectivity index (χ1n) is 7.06. The zero-order valence-corrected chi connectivity index (χ0v) is 11.7. The molecular weight excluding hydrogens is 225 g/mol. The van der Waals surface area contributed by atoms with E-state index in [1.165, 1.54) is 0 Å². The smallest absolute Gasteiger partial charge is 0.126 e. The van der Waals surface area contributed by atoms with Crippen molar-refractivity contribution < 1.29 is 4.39 Å². The van der Waals surface area contributed by atoms with Crippen LogP contribution in [0.1, 0.15) is 39.2 Å². The van der Waals surface area contributed by atoms with Crippen molar-refractivity contribution in [1.82, 2.24) is 5.32 Å². The molecular formula is C16H24FN. The second kappa shape index (κ2) is 5.40. The summed E-state index contributed by atoms with van der Waals surface area (Å²) in [7, 11) is 0. The lowest BCUT2D eigenvalue weighted by Gasteiger charge is -2.17. The molecule has 100 valence electrons. The van der Waals surface area contributed by atoms with Crippen molar-refractivity contribution in [1.29, 1.82) is 0 Å². The first-order chi connectivity index (χ1) is 8.60. The number of nitrogens with one attached hydrogen (secondary N) is 1. The van der Waals surface area contributed by atoms with E-state index in [9.17, 15) is 4.39 Å². The Morgan fingerprint density at radius 3 is 2.72 bits per heavy atom. The summed E-state index contributed by atoms with van der Waals surface area (Å²) in [6.07, 6.45) is 2.15. The Balaban J connectivity index is 2.01. The van der Waals surface area contributed by atoms with Crippen LogP contribution in [0.3, 0.4) is 0 Å². The maximum absolute atomic E-state index is 13.9. The van der Waals surface area contributed by atoms with E-state index >= 15 is 0 Å². The molecule has 2 atom stereocenters. The molecule has 2 unspecified atom stereocenters. The van der Waals surface area contributed by atoms with Crippen LogP contribution in [-0.4, -0.2) is 13.1 Å². The van der Waals surface area contributed by atoms with Crippen molar-refractivity contribution in [2.24, 2.45) is 11.8 Å². The van der Waals surface area contributed by atoms with Crippen LogP contribution >= 0.6 is 0 Å². The molecule has 0 saturated heterocycles. The number of hydrogen-bond donors (Lipinski definition) is 1. The maximum Gasteiger partial charge on any atom is 0.126 e. The monoisotopic (exact) mass is 249 g/mol. The molecule has 1 aromatic rings. The van der Waals surface area contributed by atoms with Gasteiger partial charge < -0.3 is 5.32 Å². The van der Waals surface area contributed by atoms with Gasteiger partial charge in [-0.25, -0.2) is 4.39 Å². The van der Waals surface area contributed by atoms with E-state index in [1.807, 2.05) is 12.1 Å². The topological polar surface area (TPSA) is 12.0 Å². The van der Waals surface area contributed by atoms with Crippen molar-refractivity contribution in [2.45, 2.75) is 39.0 Å². The Morgan fingerprint density at radius 1 is 1.39 bits per heavy atom. The summed E-state index contributed by atoms with van der Waals surface area (Å²) < 4.78 is 13.9. The van der Waals surface area contributed by atoms with Crippen LogP contribution < -0.4 is 5.32 Å². The highest BCUT2D eigenvalue weighted by Crippen LogP contribution is 2.56. The van der Waals surface area contributed by atoms with Crippen LogP contribution in [0.15, 0.2) is 24.3 Å². The minimum Gasteiger partial charge on any atom is -0.316 e. The fourth-order valence-corrected chi connectivity index (χ4v) is 3.01. The molecule has 2 heteroatoms. The van der Waals surface area contributed by atoms with Gasteiger partial charge in [0, 0.05) is 5.41 Å². The normalized spacial score (nSPS) is 26.6. The van der Waals surface area contributed by atoms with Crippen LogP contribution in [-0.2, 0) is 5.41 Å². The summed E-state index contributed by atoms with van der Waals surface area (Å²) in [6, 6.07) is 7.27. The molecule has 1 nitrogen and oxygen atoms in total. The average molecular weight is 249 g/mol. The molecule has 0 radical (unpaired) electrons. The first kappa shape index (κ1) is 13.5. The van der Waals surface area contributed by atoms with Gasteiger partial charge in [-0.3, -0.25) is 0 Å². The zero-order chi connectivity index (χ0) is 13.2. The Hall–Kier alpha value is -0.890. The third-order valence-electron chi connectivity index (χ3n) is 4.22. The minimum absolute atomic E-state index is 0.0364. The van der Waals surface area contributed by atoms with Gasteiger partial charge in [-0.15, -0.1) is 0 Å². The van der Waals surface area contributed by atoms with Gasteiger partial charge in [0.15, 0.2) is 0 Å². The highest BCUT2D eigenvalue weighted by atomic mass is 19.1. The highest BCUT2D eigenvalue weighted by Gasteiger charge is 2.54.